The van der Waals surface area contributed by atoms with Crippen LogP contribution >= 0.6 is 0 Å². The van der Waals surface area contributed by atoms with Crippen LogP contribution in [-0.4, -0.2) is 11.4 Å². The monoisotopic (exact) mass is 179 g/mol. The topological polar surface area (TPSA) is 29.1 Å². The van der Waals surface area contributed by atoms with Gasteiger partial charge in [-0.05, 0) is 25.7 Å². The highest BCUT2D eigenvalue weighted by atomic mass is 16.2. The first-order valence-electron chi connectivity index (χ1n) is 5.62. The molecule has 0 unspecified atom stereocenters. The molecule has 1 saturated heterocycles. The van der Waals surface area contributed by atoms with E-state index in [1.165, 1.54) is 51.4 Å². The Morgan fingerprint density at radius 2 is 1.46 bits per heavy atom. The molecule has 2 heteroatoms. The van der Waals surface area contributed by atoms with E-state index in [4.69, 9.17) is 0 Å². The predicted molar refractivity (Wildman–Crippen MR) is 50.2 cm³/mol. The lowest BCUT2D eigenvalue weighted by atomic mass is 9.49. The number of rotatable bonds is 0. The van der Waals surface area contributed by atoms with Crippen molar-refractivity contribution in [1.82, 2.24) is 5.32 Å². The molecule has 1 heterocycles. The van der Waals surface area contributed by atoms with Gasteiger partial charge in [0, 0.05) is 0 Å². The molecular weight excluding hydrogens is 162 g/mol. The number of hydrogen-bond donors (Lipinski definition) is 1. The molecule has 2 saturated carbocycles. The van der Waals surface area contributed by atoms with Gasteiger partial charge in [-0.25, -0.2) is 0 Å². The van der Waals surface area contributed by atoms with Crippen LogP contribution in [0, 0.1) is 5.41 Å². The van der Waals surface area contributed by atoms with Crippen molar-refractivity contribution in [2.75, 3.05) is 0 Å². The molecule has 1 aliphatic heterocycles. The minimum absolute atomic E-state index is 0.101. The Kier molecular flexibility index (Phi) is 1.38. The van der Waals surface area contributed by atoms with Gasteiger partial charge < -0.3 is 5.32 Å². The van der Waals surface area contributed by atoms with E-state index in [-0.39, 0.29) is 11.0 Å². The van der Waals surface area contributed by atoms with Crippen molar-refractivity contribution in [3.8, 4) is 0 Å². The second-order valence-electron chi connectivity index (χ2n) is 5.03. The molecule has 0 aromatic rings. The van der Waals surface area contributed by atoms with Crippen molar-refractivity contribution in [2.24, 2.45) is 5.41 Å². The minimum Gasteiger partial charge on any atom is -0.349 e. The molecule has 1 N–H and O–H groups in total. The fourth-order valence-electron chi connectivity index (χ4n) is 3.88. The molecule has 0 aromatic heterocycles. The summed E-state index contributed by atoms with van der Waals surface area (Å²) in [5, 5.41) is 3.21. The summed E-state index contributed by atoms with van der Waals surface area (Å²) >= 11 is 0. The van der Waals surface area contributed by atoms with Gasteiger partial charge in [0.2, 0.25) is 5.91 Å². The summed E-state index contributed by atoms with van der Waals surface area (Å²) in [4.78, 5) is 11.7. The van der Waals surface area contributed by atoms with Gasteiger partial charge in [0.15, 0.2) is 0 Å². The Hall–Kier alpha value is -0.530. The first kappa shape index (κ1) is 7.84. The lowest BCUT2D eigenvalue weighted by Gasteiger charge is -2.63. The zero-order valence-corrected chi connectivity index (χ0v) is 8.07. The zero-order chi connectivity index (χ0) is 8.94. The van der Waals surface area contributed by atoms with E-state index < -0.39 is 0 Å². The molecule has 0 atom stereocenters. The van der Waals surface area contributed by atoms with Crippen LogP contribution in [-0.2, 0) is 4.79 Å². The van der Waals surface area contributed by atoms with Crippen LogP contribution in [0.3, 0.4) is 0 Å². The molecule has 0 bridgehead atoms. The standard InChI is InChI=1S/C11H17NO/c13-9-10-5-1-3-7-11(10,12-9)8-4-2-6-10/h1-8H2,(H,12,13). The van der Waals surface area contributed by atoms with Gasteiger partial charge in [0.05, 0.1) is 11.0 Å². The number of carbonyl (C=O) groups excluding carboxylic acids is 1. The molecule has 0 spiro atoms. The lowest BCUT2D eigenvalue weighted by molar-refractivity contribution is -0.169. The van der Waals surface area contributed by atoms with Crippen LogP contribution in [0.25, 0.3) is 0 Å². The fraction of sp³-hybridized carbons (Fsp3) is 0.909. The molecular formula is C11H17NO. The molecule has 72 valence electrons. The van der Waals surface area contributed by atoms with Crippen molar-refractivity contribution in [3.05, 3.63) is 0 Å². The quantitative estimate of drug-likeness (QED) is 0.566. The third kappa shape index (κ3) is 0.733. The molecule has 3 fully saturated rings. The Bertz CT molecular complexity index is 247. The van der Waals surface area contributed by atoms with E-state index in [1.54, 1.807) is 0 Å². The molecule has 2 aliphatic carbocycles. The highest BCUT2D eigenvalue weighted by Crippen LogP contribution is 2.58. The van der Waals surface area contributed by atoms with E-state index in [0.717, 1.165) is 0 Å². The third-order valence-electron chi connectivity index (χ3n) is 4.62. The van der Waals surface area contributed by atoms with Gasteiger partial charge >= 0.3 is 0 Å². The Balaban J connectivity index is 1.98. The van der Waals surface area contributed by atoms with Crippen LogP contribution in [0.15, 0.2) is 0 Å². The number of carbonyl (C=O) groups is 1. The van der Waals surface area contributed by atoms with Crippen LogP contribution in [0.1, 0.15) is 51.4 Å². The maximum atomic E-state index is 11.7. The summed E-state index contributed by atoms with van der Waals surface area (Å²) < 4.78 is 0. The van der Waals surface area contributed by atoms with E-state index in [2.05, 4.69) is 5.32 Å². The number of hydrogen-bond acceptors (Lipinski definition) is 1. The lowest BCUT2D eigenvalue weighted by Crippen LogP contribution is -2.78. The first-order valence-corrected chi connectivity index (χ1v) is 5.62. The maximum Gasteiger partial charge on any atom is 0.229 e. The summed E-state index contributed by atoms with van der Waals surface area (Å²) in [6.07, 6.45) is 10.0. The van der Waals surface area contributed by atoms with Crippen LogP contribution in [0.5, 0.6) is 0 Å². The Morgan fingerprint density at radius 1 is 0.923 bits per heavy atom. The average molecular weight is 179 g/mol. The van der Waals surface area contributed by atoms with Gasteiger partial charge in [0.25, 0.3) is 0 Å². The van der Waals surface area contributed by atoms with Gasteiger partial charge in [-0.3, -0.25) is 4.79 Å². The van der Waals surface area contributed by atoms with Gasteiger partial charge in [-0.2, -0.15) is 0 Å². The summed E-state index contributed by atoms with van der Waals surface area (Å²) in [7, 11) is 0. The smallest absolute Gasteiger partial charge is 0.229 e. The second-order valence-corrected chi connectivity index (χ2v) is 5.03. The van der Waals surface area contributed by atoms with Crippen LogP contribution in [0.4, 0.5) is 0 Å². The van der Waals surface area contributed by atoms with Crippen molar-refractivity contribution < 1.29 is 4.79 Å². The van der Waals surface area contributed by atoms with Crippen LogP contribution < -0.4 is 5.32 Å². The summed E-state index contributed by atoms with van der Waals surface area (Å²) in [6.45, 7) is 0. The van der Waals surface area contributed by atoms with Gasteiger partial charge in [-0.15, -0.1) is 0 Å². The predicted octanol–water partition coefficient (Wildman–Crippen LogP) is 1.99. The molecule has 3 rings (SSSR count). The molecule has 0 aromatic carbocycles. The van der Waals surface area contributed by atoms with E-state index in [9.17, 15) is 4.79 Å². The van der Waals surface area contributed by atoms with Gasteiger partial charge in [0.1, 0.15) is 0 Å². The highest BCUT2D eigenvalue weighted by molar-refractivity contribution is 5.92. The third-order valence-corrected chi connectivity index (χ3v) is 4.62. The van der Waals surface area contributed by atoms with E-state index >= 15 is 0 Å². The van der Waals surface area contributed by atoms with Crippen molar-refractivity contribution in [3.63, 3.8) is 0 Å². The highest BCUT2D eigenvalue weighted by Gasteiger charge is 2.66. The minimum atomic E-state index is 0.101. The molecule has 13 heavy (non-hydrogen) atoms. The van der Waals surface area contributed by atoms with Crippen molar-refractivity contribution in [2.45, 2.75) is 56.9 Å². The van der Waals surface area contributed by atoms with Crippen molar-refractivity contribution >= 4 is 5.91 Å². The number of amides is 1. The fourth-order valence-corrected chi connectivity index (χ4v) is 3.88. The Morgan fingerprint density at radius 3 is 1.92 bits per heavy atom. The normalized spacial score (nSPS) is 48.5. The Labute approximate surface area is 79.1 Å². The molecule has 0 radical (unpaired) electrons. The maximum absolute atomic E-state index is 11.7. The van der Waals surface area contributed by atoms with Gasteiger partial charge in [-0.1, -0.05) is 25.7 Å². The number of β-lactam (4-membered cyclic amide) rings is 1. The van der Waals surface area contributed by atoms with E-state index in [0.29, 0.717) is 5.91 Å². The van der Waals surface area contributed by atoms with Crippen LogP contribution in [0.2, 0.25) is 0 Å². The summed E-state index contributed by atoms with van der Waals surface area (Å²) in [5.74, 6) is 0.368. The zero-order valence-electron chi connectivity index (χ0n) is 8.07. The summed E-state index contributed by atoms with van der Waals surface area (Å²) in [6, 6.07) is 0. The average Bonchev–Trinajstić information content (AvgIpc) is 2.15. The van der Waals surface area contributed by atoms with E-state index in [1.807, 2.05) is 0 Å². The van der Waals surface area contributed by atoms with Crippen molar-refractivity contribution in [1.29, 1.82) is 0 Å². The SMILES string of the molecule is O=C1NC23CCCCC12CCCC3. The molecule has 1 amide bonds. The molecule has 3 aliphatic rings. The molecule has 2 nitrogen and oxygen atoms in total. The number of nitrogens with one attached hydrogen (secondary N) is 1. The summed E-state index contributed by atoms with van der Waals surface area (Å²) in [5.41, 5.74) is 0.365. The second kappa shape index (κ2) is 2.28. The largest absolute Gasteiger partial charge is 0.349 e. The first-order chi connectivity index (χ1) is 6.29.